The highest BCUT2D eigenvalue weighted by atomic mass is 35.5. The lowest BCUT2D eigenvalue weighted by Crippen LogP contribution is -2.45. The molecule has 2 rings (SSSR count). The fourth-order valence-electron chi connectivity index (χ4n) is 2.68. The van der Waals surface area contributed by atoms with Crippen molar-refractivity contribution in [3.63, 3.8) is 0 Å². The molecule has 1 heterocycles. The molecule has 0 amide bonds. The van der Waals surface area contributed by atoms with Crippen LogP contribution in [0.2, 0.25) is 0 Å². The van der Waals surface area contributed by atoms with E-state index < -0.39 is 0 Å². The molecule has 1 atom stereocenters. The Morgan fingerprint density at radius 3 is 2.50 bits per heavy atom. The second-order valence-electron chi connectivity index (χ2n) is 4.72. The summed E-state index contributed by atoms with van der Waals surface area (Å²) in [5, 5.41) is 3.41. The zero-order valence-corrected chi connectivity index (χ0v) is 13.9. The van der Waals surface area contributed by atoms with Crippen molar-refractivity contribution in [3.05, 3.63) is 29.8 Å². The molecule has 1 aromatic rings. The third-order valence-electron chi connectivity index (χ3n) is 3.53. The highest BCUT2D eigenvalue weighted by Gasteiger charge is 2.20. The molecule has 1 saturated heterocycles. The van der Waals surface area contributed by atoms with Gasteiger partial charge in [-0.15, -0.1) is 24.8 Å². The molecule has 1 fully saturated rings. The lowest BCUT2D eigenvalue weighted by atomic mass is 10.0. The van der Waals surface area contributed by atoms with Crippen LogP contribution in [0, 0.1) is 0 Å². The van der Waals surface area contributed by atoms with E-state index in [1.54, 1.807) is 0 Å². The zero-order valence-electron chi connectivity index (χ0n) is 12.3. The van der Waals surface area contributed by atoms with Crippen LogP contribution in [0.25, 0.3) is 0 Å². The number of nitrogens with zero attached hydrogens (tertiary/aromatic N) is 1. The molecule has 0 unspecified atom stereocenters. The van der Waals surface area contributed by atoms with Crippen molar-refractivity contribution in [2.45, 2.75) is 26.3 Å². The molecule has 20 heavy (non-hydrogen) atoms. The van der Waals surface area contributed by atoms with E-state index in [0.717, 1.165) is 45.0 Å². The average molecular weight is 321 g/mol. The standard InChI is InChI=1S/C15H24N2O.2ClH/c1-3-15(17-10-8-16-9-11-17)13-6-5-7-14(12-13)18-4-2;;/h5-7,12,15-16H,3-4,8-11H2,1-2H3;2*1H/t15-;;/m0../s1. The van der Waals surface area contributed by atoms with Crippen LogP contribution >= 0.6 is 24.8 Å². The van der Waals surface area contributed by atoms with Gasteiger partial charge < -0.3 is 10.1 Å². The minimum absolute atomic E-state index is 0. The van der Waals surface area contributed by atoms with Crippen LogP contribution in [0.15, 0.2) is 24.3 Å². The number of ether oxygens (including phenoxy) is 1. The van der Waals surface area contributed by atoms with Gasteiger partial charge in [-0.25, -0.2) is 0 Å². The van der Waals surface area contributed by atoms with Crippen LogP contribution in [-0.4, -0.2) is 37.7 Å². The third kappa shape index (κ3) is 5.13. The Kier molecular flexibility index (Phi) is 10.0. The van der Waals surface area contributed by atoms with E-state index in [2.05, 4.69) is 35.3 Å². The van der Waals surface area contributed by atoms with Gasteiger partial charge in [-0.3, -0.25) is 4.90 Å². The quantitative estimate of drug-likeness (QED) is 0.901. The Hall–Kier alpha value is -0.480. The number of nitrogens with one attached hydrogen (secondary N) is 1. The summed E-state index contributed by atoms with van der Waals surface area (Å²) in [6.45, 7) is 9.49. The van der Waals surface area contributed by atoms with Gasteiger partial charge in [-0.05, 0) is 31.0 Å². The highest BCUT2D eigenvalue weighted by molar-refractivity contribution is 5.85. The molecule has 0 aliphatic carbocycles. The van der Waals surface area contributed by atoms with Gasteiger partial charge in [0.2, 0.25) is 0 Å². The van der Waals surface area contributed by atoms with Crippen molar-refractivity contribution in [2.24, 2.45) is 0 Å². The largest absolute Gasteiger partial charge is 0.494 e. The molecule has 3 nitrogen and oxygen atoms in total. The van der Waals surface area contributed by atoms with Gasteiger partial charge in [-0.2, -0.15) is 0 Å². The van der Waals surface area contributed by atoms with Crippen molar-refractivity contribution in [1.29, 1.82) is 0 Å². The van der Waals surface area contributed by atoms with E-state index in [1.165, 1.54) is 5.56 Å². The van der Waals surface area contributed by atoms with E-state index in [-0.39, 0.29) is 24.8 Å². The molecule has 0 bridgehead atoms. The number of benzene rings is 1. The molecule has 1 aliphatic heterocycles. The summed E-state index contributed by atoms with van der Waals surface area (Å²) in [5.74, 6) is 0.989. The molecule has 1 N–H and O–H groups in total. The first-order valence-corrected chi connectivity index (χ1v) is 7.02. The number of hydrogen-bond acceptors (Lipinski definition) is 3. The Balaban J connectivity index is 0.00000180. The summed E-state index contributed by atoms with van der Waals surface area (Å²) < 4.78 is 5.60. The fraction of sp³-hybridized carbons (Fsp3) is 0.600. The summed E-state index contributed by atoms with van der Waals surface area (Å²) >= 11 is 0. The van der Waals surface area contributed by atoms with Gasteiger partial charge >= 0.3 is 0 Å². The van der Waals surface area contributed by atoms with Gasteiger partial charge in [0.15, 0.2) is 0 Å². The van der Waals surface area contributed by atoms with Crippen LogP contribution < -0.4 is 10.1 Å². The molecule has 0 radical (unpaired) electrons. The second kappa shape index (κ2) is 10.3. The summed E-state index contributed by atoms with van der Waals surface area (Å²) in [6.07, 6.45) is 1.15. The lowest BCUT2D eigenvalue weighted by Gasteiger charge is -2.34. The molecular formula is C15H26Cl2N2O. The Bertz CT molecular complexity index is 371. The fourth-order valence-corrected chi connectivity index (χ4v) is 2.68. The molecule has 5 heteroatoms. The number of piperazine rings is 1. The number of halogens is 2. The molecule has 0 spiro atoms. The maximum atomic E-state index is 5.60. The third-order valence-corrected chi connectivity index (χ3v) is 3.53. The monoisotopic (exact) mass is 320 g/mol. The maximum absolute atomic E-state index is 5.60. The van der Waals surface area contributed by atoms with Crippen LogP contribution in [-0.2, 0) is 0 Å². The van der Waals surface area contributed by atoms with Gasteiger partial charge in [0.25, 0.3) is 0 Å². The van der Waals surface area contributed by atoms with Crippen molar-refractivity contribution in [2.75, 3.05) is 32.8 Å². The molecule has 0 saturated carbocycles. The maximum Gasteiger partial charge on any atom is 0.119 e. The lowest BCUT2D eigenvalue weighted by molar-refractivity contribution is 0.169. The van der Waals surface area contributed by atoms with Crippen LogP contribution in [0.3, 0.4) is 0 Å². The van der Waals surface area contributed by atoms with E-state index >= 15 is 0 Å². The van der Waals surface area contributed by atoms with Gasteiger partial charge in [0.05, 0.1) is 6.61 Å². The molecule has 0 aromatic heterocycles. The predicted molar refractivity (Wildman–Crippen MR) is 89.6 cm³/mol. The molecule has 1 aromatic carbocycles. The Labute approximate surface area is 134 Å². The smallest absolute Gasteiger partial charge is 0.119 e. The topological polar surface area (TPSA) is 24.5 Å². The average Bonchev–Trinajstić information content (AvgIpc) is 2.42. The van der Waals surface area contributed by atoms with E-state index in [1.807, 2.05) is 13.0 Å². The minimum atomic E-state index is 0. The summed E-state index contributed by atoms with van der Waals surface area (Å²) in [7, 11) is 0. The van der Waals surface area contributed by atoms with E-state index in [4.69, 9.17) is 4.74 Å². The van der Waals surface area contributed by atoms with Crippen molar-refractivity contribution in [1.82, 2.24) is 10.2 Å². The van der Waals surface area contributed by atoms with Crippen LogP contribution in [0.5, 0.6) is 5.75 Å². The Morgan fingerprint density at radius 2 is 1.90 bits per heavy atom. The number of hydrogen-bond donors (Lipinski definition) is 1. The molecule has 116 valence electrons. The molecule has 1 aliphatic rings. The molecular weight excluding hydrogens is 295 g/mol. The highest BCUT2D eigenvalue weighted by Crippen LogP contribution is 2.27. The van der Waals surface area contributed by atoms with Crippen molar-refractivity contribution >= 4 is 24.8 Å². The van der Waals surface area contributed by atoms with Crippen LogP contribution in [0.1, 0.15) is 31.9 Å². The minimum Gasteiger partial charge on any atom is -0.494 e. The SMILES string of the molecule is CCOc1cccc([C@H](CC)N2CCNCC2)c1.Cl.Cl. The first-order valence-electron chi connectivity index (χ1n) is 7.02. The second-order valence-corrected chi connectivity index (χ2v) is 4.72. The van der Waals surface area contributed by atoms with Crippen LogP contribution in [0.4, 0.5) is 0 Å². The van der Waals surface area contributed by atoms with Crippen molar-refractivity contribution < 1.29 is 4.74 Å². The predicted octanol–water partition coefficient (Wildman–Crippen LogP) is 3.29. The van der Waals surface area contributed by atoms with Crippen molar-refractivity contribution in [3.8, 4) is 5.75 Å². The van der Waals surface area contributed by atoms with Gasteiger partial charge in [0.1, 0.15) is 5.75 Å². The summed E-state index contributed by atoms with van der Waals surface area (Å²) in [5.41, 5.74) is 1.38. The summed E-state index contributed by atoms with van der Waals surface area (Å²) in [6, 6.07) is 9.08. The summed E-state index contributed by atoms with van der Waals surface area (Å²) in [4.78, 5) is 2.57. The first kappa shape index (κ1) is 19.5. The van der Waals surface area contributed by atoms with E-state index in [9.17, 15) is 0 Å². The van der Waals surface area contributed by atoms with E-state index in [0.29, 0.717) is 6.04 Å². The number of rotatable bonds is 5. The zero-order chi connectivity index (χ0) is 12.8. The first-order chi connectivity index (χ1) is 8.85. The van der Waals surface area contributed by atoms with Gasteiger partial charge in [0, 0.05) is 32.2 Å². The van der Waals surface area contributed by atoms with Gasteiger partial charge in [-0.1, -0.05) is 19.1 Å². The Morgan fingerprint density at radius 1 is 1.20 bits per heavy atom. The normalized spacial score (nSPS) is 16.7.